The molecule has 0 spiro atoms. The Balaban J connectivity index is 0.00000264. The Labute approximate surface area is 142 Å². The van der Waals surface area contributed by atoms with Crippen LogP contribution in [0.25, 0.3) is 0 Å². The van der Waals surface area contributed by atoms with Gasteiger partial charge in [0.15, 0.2) is 0 Å². The Morgan fingerprint density at radius 1 is 1.04 bits per heavy atom. The van der Waals surface area contributed by atoms with Crippen molar-refractivity contribution in [3.63, 3.8) is 0 Å². The third-order valence-corrected chi connectivity index (χ3v) is 3.53. The van der Waals surface area contributed by atoms with Crippen LogP contribution in [-0.4, -0.2) is 24.6 Å². The minimum absolute atomic E-state index is 0. The molecule has 6 heteroatoms. The molecule has 23 heavy (non-hydrogen) atoms. The van der Waals surface area contributed by atoms with E-state index >= 15 is 0 Å². The maximum Gasteiger partial charge on any atom is 0.269 e. The summed E-state index contributed by atoms with van der Waals surface area (Å²) in [7, 11) is 0. The Morgan fingerprint density at radius 3 is 2.30 bits per heavy atom. The van der Waals surface area contributed by atoms with Gasteiger partial charge in [0.05, 0.1) is 4.92 Å². The lowest BCUT2D eigenvalue weighted by molar-refractivity contribution is -0.384. The molecule has 5 nitrogen and oxygen atoms in total. The largest absolute Gasteiger partial charge is 0.384 e. The van der Waals surface area contributed by atoms with E-state index in [1.807, 2.05) is 6.07 Å². The van der Waals surface area contributed by atoms with Gasteiger partial charge in [0.25, 0.3) is 5.69 Å². The summed E-state index contributed by atoms with van der Waals surface area (Å²) >= 11 is 0. The van der Waals surface area contributed by atoms with Crippen molar-refractivity contribution in [2.24, 2.45) is 0 Å². The molecule has 0 radical (unpaired) electrons. The fourth-order valence-electron chi connectivity index (χ4n) is 2.21. The molecule has 1 unspecified atom stereocenters. The van der Waals surface area contributed by atoms with Gasteiger partial charge in [0.1, 0.15) is 0 Å². The van der Waals surface area contributed by atoms with E-state index in [9.17, 15) is 10.1 Å². The zero-order valence-corrected chi connectivity index (χ0v) is 13.9. The lowest BCUT2D eigenvalue weighted by Gasteiger charge is -2.13. The molecule has 2 aromatic carbocycles. The Hall–Kier alpha value is -2.11. The van der Waals surface area contributed by atoms with Crippen LogP contribution in [-0.2, 0) is 0 Å². The predicted octanol–water partition coefficient (Wildman–Crippen LogP) is 3.82. The van der Waals surface area contributed by atoms with Gasteiger partial charge in [-0.1, -0.05) is 37.3 Å². The molecular formula is C17H22ClN3O2. The van der Waals surface area contributed by atoms with Gasteiger partial charge in [-0.15, -0.1) is 12.4 Å². The minimum Gasteiger partial charge on any atom is -0.384 e. The fourth-order valence-corrected chi connectivity index (χ4v) is 2.21. The highest BCUT2D eigenvalue weighted by Gasteiger charge is 2.04. The lowest BCUT2D eigenvalue weighted by Crippen LogP contribution is -2.26. The molecular weight excluding hydrogens is 314 g/mol. The zero-order chi connectivity index (χ0) is 15.8. The van der Waals surface area contributed by atoms with Crippen molar-refractivity contribution < 1.29 is 4.92 Å². The fraction of sp³-hybridized carbons (Fsp3) is 0.294. The van der Waals surface area contributed by atoms with Gasteiger partial charge >= 0.3 is 0 Å². The Kier molecular flexibility index (Phi) is 8.08. The summed E-state index contributed by atoms with van der Waals surface area (Å²) in [6, 6.07) is 16.9. The van der Waals surface area contributed by atoms with E-state index in [1.54, 1.807) is 12.1 Å². The van der Waals surface area contributed by atoms with Crippen LogP contribution < -0.4 is 10.6 Å². The van der Waals surface area contributed by atoms with Crippen molar-refractivity contribution in [2.45, 2.75) is 12.8 Å². The topological polar surface area (TPSA) is 67.2 Å². The van der Waals surface area contributed by atoms with Crippen LogP contribution in [0.1, 0.15) is 18.4 Å². The van der Waals surface area contributed by atoms with Gasteiger partial charge in [-0.3, -0.25) is 10.1 Å². The SMILES string of the molecule is CC(CNCCNc1ccc([N+](=O)[O-])cc1)c1ccccc1.Cl. The molecule has 0 amide bonds. The molecule has 2 rings (SSSR count). The van der Waals surface area contributed by atoms with Crippen molar-refractivity contribution in [2.75, 3.05) is 25.0 Å². The summed E-state index contributed by atoms with van der Waals surface area (Å²) in [4.78, 5) is 10.2. The minimum atomic E-state index is -0.393. The van der Waals surface area contributed by atoms with Crippen LogP contribution in [0.4, 0.5) is 11.4 Å². The lowest BCUT2D eigenvalue weighted by atomic mass is 10.0. The van der Waals surface area contributed by atoms with Crippen molar-refractivity contribution in [3.8, 4) is 0 Å². The van der Waals surface area contributed by atoms with E-state index < -0.39 is 4.92 Å². The Bertz CT molecular complexity index is 591. The van der Waals surface area contributed by atoms with Crippen molar-refractivity contribution >= 4 is 23.8 Å². The second-order valence-corrected chi connectivity index (χ2v) is 5.25. The number of nitro benzene ring substituents is 1. The third kappa shape index (κ3) is 6.26. The second kappa shape index (κ2) is 9.82. The molecule has 0 aliphatic carbocycles. The molecule has 0 aliphatic heterocycles. The van der Waals surface area contributed by atoms with Gasteiger partial charge in [0.2, 0.25) is 0 Å². The normalized spacial score (nSPS) is 11.3. The number of nitrogens with zero attached hydrogens (tertiary/aromatic N) is 1. The van der Waals surface area contributed by atoms with Crippen LogP contribution in [0.15, 0.2) is 54.6 Å². The third-order valence-electron chi connectivity index (χ3n) is 3.53. The highest BCUT2D eigenvalue weighted by Crippen LogP contribution is 2.15. The first-order valence-electron chi connectivity index (χ1n) is 7.41. The predicted molar refractivity (Wildman–Crippen MR) is 96.6 cm³/mol. The van der Waals surface area contributed by atoms with E-state index in [1.165, 1.54) is 17.7 Å². The van der Waals surface area contributed by atoms with Gasteiger partial charge in [-0.05, 0) is 23.6 Å². The molecule has 124 valence electrons. The summed E-state index contributed by atoms with van der Waals surface area (Å²) in [5.41, 5.74) is 2.34. The summed E-state index contributed by atoms with van der Waals surface area (Å²) in [6.45, 7) is 4.74. The van der Waals surface area contributed by atoms with Crippen molar-refractivity contribution in [3.05, 3.63) is 70.3 Å². The average Bonchev–Trinajstić information content (AvgIpc) is 2.55. The molecule has 2 aromatic rings. The number of hydrogen-bond donors (Lipinski definition) is 2. The van der Waals surface area contributed by atoms with Crippen LogP contribution in [0.5, 0.6) is 0 Å². The van der Waals surface area contributed by atoms with Crippen LogP contribution >= 0.6 is 12.4 Å². The molecule has 1 atom stereocenters. The molecule has 0 fully saturated rings. The number of halogens is 1. The van der Waals surface area contributed by atoms with Gasteiger partial charge in [0, 0.05) is 37.5 Å². The van der Waals surface area contributed by atoms with E-state index in [2.05, 4.69) is 41.8 Å². The molecule has 2 N–H and O–H groups in total. The van der Waals surface area contributed by atoms with E-state index in [4.69, 9.17) is 0 Å². The first kappa shape index (κ1) is 18.9. The number of rotatable bonds is 8. The summed E-state index contributed by atoms with van der Waals surface area (Å²) in [5.74, 6) is 0.473. The number of nitro groups is 1. The zero-order valence-electron chi connectivity index (χ0n) is 13.1. The number of anilines is 1. The van der Waals surface area contributed by atoms with Crippen LogP contribution in [0.3, 0.4) is 0 Å². The second-order valence-electron chi connectivity index (χ2n) is 5.25. The van der Waals surface area contributed by atoms with Crippen LogP contribution in [0, 0.1) is 10.1 Å². The summed E-state index contributed by atoms with van der Waals surface area (Å²) in [6.07, 6.45) is 0. The van der Waals surface area contributed by atoms with E-state index in [0.717, 1.165) is 25.3 Å². The average molecular weight is 336 g/mol. The molecule has 0 heterocycles. The number of non-ortho nitro benzene ring substituents is 1. The number of nitrogens with one attached hydrogen (secondary N) is 2. The van der Waals surface area contributed by atoms with Gasteiger partial charge in [-0.25, -0.2) is 0 Å². The highest BCUT2D eigenvalue weighted by molar-refractivity contribution is 5.85. The maximum absolute atomic E-state index is 10.6. The molecule has 0 aromatic heterocycles. The highest BCUT2D eigenvalue weighted by atomic mass is 35.5. The Morgan fingerprint density at radius 2 is 1.70 bits per heavy atom. The van der Waals surface area contributed by atoms with Crippen molar-refractivity contribution in [1.29, 1.82) is 0 Å². The molecule has 0 bridgehead atoms. The maximum atomic E-state index is 10.6. The monoisotopic (exact) mass is 335 g/mol. The number of hydrogen-bond acceptors (Lipinski definition) is 4. The molecule has 0 saturated carbocycles. The smallest absolute Gasteiger partial charge is 0.269 e. The first-order valence-corrected chi connectivity index (χ1v) is 7.41. The quantitative estimate of drug-likeness (QED) is 0.437. The number of benzene rings is 2. The standard InChI is InChI=1S/C17H21N3O2.ClH/c1-14(15-5-3-2-4-6-15)13-18-11-12-19-16-7-9-17(10-8-16)20(21)22;/h2-10,14,18-19H,11-13H2,1H3;1H. The summed E-state index contributed by atoms with van der Waals surface area (Å²) < 4.78 is 0. The molecule has 0 saturated heterocycles. The molecule has 0 aliphatic rings. The summed E-state index contributed by atoms with van der Waals surface area (Å²) in [5, 5.41) is 17.2. The van der Waals surface area contributed by atoms with Gasteiger partial charge < -0.3 is 10.6 Å². The van der Waals surface area contributed by atoms with E-state index in [0.29, 0.717) is 5.92 Å². The van der Waals surface area contributed by atoms with Gasteiger partial charge in [-0.2, -0.15) is 0 Å². The van der Waals surface area contributed by atoms with Crippen LogP contribution in [0.2, 0.25) is 0 Å². The van der Waals surface area contributed by atoms with Crippen molar-refractivity contribution in [1.82, 2.24) is 5.32 Å². The van der Waals surface area contributed by atoms with E-state index in [-0.39, 0.29) is 18.1 Å². The first-order chi connectivity index (χ1) is 10.7.